The lowest BCUT2D eigenvalue weighted by Gasteiger charge is -2.14. The first-order valence-electron chi connectivity index (χ1n) is 10.1. The van der Waals surface area contributed by atoms with Crippen LogP contribution in [-0.4, -0.2) is 12.5 Å². The van der Waals surface area contributed by atoms with Gasteiger partial charge in [-0.25, -0.2) is 4.39 Å². The van der Waals surface area contributed by atoms with Crippen molar-refractivity contribution in [1.29, 1.82) is 0 Å². The van der Waals surface area contributed by atoms with Crippen LogP contribution >= 0.6 is 0 Å². The number of hydrogen-bond donors (Lipinski definition) is 1. The molecule has 5 heteroatoms. The summed E-state index contributed by atoms with van der Waals surface area (Å²) in [5, 5.41) is 5.01. The van der Waals surface area contributed by atoms with E-state index in [4.69, 9.17) is 9.47 Å². The number of hydrogen-bond acceptors (Lipinski definition) is 3. The molecule has 0 aliphatic carbocycles. The number of carbonyl (C=O) groups is 1. The van der Waals surface area contributed by atoms with Gasteiger partial charge >= 0.3 is 0 Å². The lowest BCUT2D eigenvalue weighted by molar-refractivity contribution is 0.102. The number of benzene rings is 4. The van der Waals surface area contributed by atoms with Crippen molar-refractivity contribution in [3.05, 3.63) is 102 Å². The van der Waals surface area contributed by atoms with Gasteiger partial charge in [0, 0.05) is 16.8 Å². The molecule has 0 spiro atoms. The largest absolute Gasteiger partial charge is 0.493 e. The third-order valence-corrected chi connectivity index (χ3v) is 4.84. The number of carbonyl (C=O) groups excluding carboxylic acids is 1. The van der Waals surface area contributed by atoms with Crippen LogP contribution in [0.2, 0.25) is 0 Å². The number of ether oxygens (including phenoxy) is 2. The summed E-state index contributed by atoms with van der Waals surface area (Å²) in [7, 11) is 0. The lowest BCUT2D eigenvalue weighted by atomic mass is 10.1. The minimum atomic E-state index is -0.354. The maximum absolute atomic E-state index is 13.1. The number of anilines is 1. The van der Waals surface area contributed by atoms with Crippen molar-refractivity contribution in [2.45, 2.75) is 13.5 Å². The summed E-state index contributed by atoms with van der Waals surface area (Å²) < 4.78 is 24.8. The molecule has 0 aliphatic rings. The van der Waals surface area contributed by atoms with Gasteiger partial charge < -0.3 is 14.8 Å². The summed E-state index contributed by atoms with van der Waals surface area (Å²) >= 11 is 0. The van der Waals surface area contributed by atoms with Crippen molar-refractivity contribution in [3.8, 4) is 11.5 Å². The Kier molecular flexibility index (Phi) is 6.13. The van der Waals surface area contributed by atoms with Crippen LogP contribution in [0, 0.1) is 5.82 Å². The monoisotopic (exact) mass is 415 g/mol. The fraction of sp³-hybridized carbons (Fsp3) is 0.115. The summed E-state index contributed by atoms with van der Waals surface area (Å²) in [6, 6.07) is 24.9. The quantitative estimate of drug-likeness (QED) is 0.390. The smallest absolute Gasteiger partial charge is 0.255 e. The summed E-state index contributed by atoms with van der Waals surface area (Å²) in [6.45, 7) is 2.67. The van der Waals surface area contributed by atoms with Crippen LogP contribution in [0.5, 0.6) is 11.5 Å². The van der Waals surface area contributed by atoms with Crippen LogP contribution in [-0.2, 0) is 6.61 Å². The van der Waals surface area contributed by atoms with Gasteiger partial charge in [-0.1, -0.05) is 30.3 Å². The number of nitrogens with one attached hydrogen (secondary N) is 1. The van der Waals surface area contributed by atoms with Gasteiger partial charge in [-0.2, -0.15) is 0 Å². The molecule has 0 unspecified atom stereocenters. The van der Waals surface area contributed by atoms with Gasteiger partial charge in [0.15, 0.2) is 0 Å². The maximum atomic E-state index is 13.1. The standard InChI is InChI=1S/C26H22FNO3/c1-2-30-25-14-8-20(26(29)28-23-11-9-22(27)10-12-23)15-21(25)17-31-24-13-7-18-5-3-4-6-19(18)16-24/h3-16H,2,17H2,1H3,(H,28,29). The van der Waals surface area contributed by atoms with Crippen LogP contribution < -0.4 is 14.8 Å². The Hall–Kier alpha value is -3.86. The van der Waals surface area contributed by atoms with Gasteiger partial charge in [0.1, 0.15) is 23.9 Å². The zero-order chi connectivity index (χ0) is 21.6. The highest BCUT2D eigenvalue weighted by atomic mass is 19.1. The number of halogens is 1. The highest BCUT2D eigenvalue weighted by molar-refractivity contribution is 6.04. The molecule has 4 aromatic carbocycles. The summed E-state index contributed by atoms with van der Waals surface area (Å²) in [5.74, 6) is 0.762. The second kappa shape index (κ2) is 9.30. The minimum absolute atomic E-state index is 0.255. The van der Waals surface area contributed by atoms with E-state index in [1.54, 1.807) is 18.2 Å². The molecule has 0 aromatic heterocycles. The van der Waals surface area contributed by atoms with Gasteiger partial charge in [-0.05, 0) is 72.3 Å². The van der Waals surface area contributed by atoms with E-state index in [0.717, 1.165) is 22.1 Å². The molecule has 0 saturated heterocycles. The molecule has 1 N–H and O–H groups in total. The SMILES string of the molecule is CCOc1ccc(C(=O)Nc2ccc(F)cc2)cc1COc1ccc2ccccc2c1. The molecule has 1 amide bonds. The minimum Gasteiger partial charge on any atom is -0.493 e. The summed E-state index contributed by atoms with van der Waals surface area (Å²) in [4.78, 5) is 12.7. The van der Waals surface area contributed by atoms with Crippen LogP contribution in [0.25, 0.3) is 10.8 Å². The van der Waals surface area contributed by atoms with E-state index in [0.29, 0.717) is 23.6 Å². The van der Waals surface area contributed by atoms with E-state index in [-0.39, 0.29) is 18.3 Å². The summed E-state index contributed by atoms with van der Waals surface area (Å²) in [5.41, 5.74) is 1.75. The first kappa shape index (κ1) is 20.4. The Morgan fingerprint density at radius 2 is 1.65 bits per heavy atom. The molecule has 0 heterocycles. The third-order valence-electron chi connectivity index (χ3n) is 4.84. The first-order chi connectivity index (χ1) is 15.1. The zero-order valence-corrected chi connectivity index (χ0v) is 17.1. The van der Waals surface area contributed by atoms with E-state index >= 15 is 0 Å². The molecular formula is C26H22FNO3. The van der Waals surface area contributed by atoms with E-state index < -0.39 is 0 Å². The molecule has 4 rings (SSSR count). The Morgan fingerprint density at radius 1 is 0.871 bits per heavy atom. The highest BCUT2D eigenvalue weighted by Gasteiger charge is 2.12. The number of fused-ring (bicyclic) bond motifs is 1. The lowest BCUT2D eigenvalue weighted by Crippen LogP contribution is -2.13. The Labute approximate surface area is 180 Å². The van der Waals surface area contributed by atoms with E-state index in [2.05, 4.69) is 11.4 Å². The number of amides is 1. The predicted molar refractivity (Wildman–Crippen MR) is 120 cm³/mol. The molecule has 4 nitrogen and oxygen atoms in total. The Bertz CT molecular complexity index is 1200. The molecule has 0 bridgehead atoms. The van der Waals surface area contributed by atoms with Crippen molar-refractivity contribution in [2.24, 2.45) is 0 Å². The zero-order valence-electron chi connectivity index (χ0n) is 17.1. The molecule has 0 radical (unpaired) electrons. The molecule has 156 valence electrons. The van der Waals surface area contributed by atoms with Crippen LogP contribution in [0.3, 0.4) is 0 Å². The molecule has 0 saturated carbocycles. The van der Waals surface area contributed by atoms with Crippen LogP contribution in [0.1, 0.15) is 22.8 Å². The second-order valence-corrected chi connectivity index (χ2v) is 7.01. The van der Waals surface area contributed by atoms with Gasteiger partial charge in [0.2, 0.25) is 0 Å². The van der Waals surface area contributed by atoms with Gasteiger partial charge in [0.05, 0.1) is 6.61 Å². The second-order valence-electron chi connectivity index (χ2n) is 7.01. The van der Waals surface area contributed by atoms with Gasteiger partial charge in [0.25, 0.3) is 5.91 Å². The molecule has 0 aliphatic heterocycles. The molecule has 0 fully saturated rings. The Balaban J connectivity index is 1.53. The third kappa shape index (κ3) is 5.01. The van der Waals surface area contributed by atoms with E-state index in [1.165, 1.54) is 24.3 Å². The molecule has 0 atom stereocenters. The van der Waals surface area contributed by atoms with Crippen molar-refractivity contribution < 1.29 is 18.7 Å². The Morgan fingerprint density at radius 3 is 2.42 bits per heavy atom. The van der Waals surface area contributed by atoms with Crippen molar-refractivity contribution in [2.75, 3.05) is 11.9 Å². The predicted octanol–water partition coefficient (Wildman–Crippen LogP) is 6.21. The maximum Gasteiger partial charge on any atom is 0.255 e. The topological polar surface area (TPSA) is 47.6 Å². The van der Waals surface area contributed by atoms with Crippen molar-refractivity contribution in [3.63, 3.8) is 0 Å². The first-order valence-corrected chi connectivity index (χ1v) is 10.1. The van der Waals surface area contributed by atoms with Crippen molar-refractivity contribution >= 4 is 22.4 Å². The van der Waals surface area contributed by atoms with Crippen LogP contribution in [0.4, 0.5) is 10.1 Å². The average molecular weight is 415 g/mol. The fourth-order valence-electron chi connectivity index (χ4n) is 3.28. The van der Waals surface area contributed by atoms with E-state index in [1.807, 2.05) is 43.3 Å². The van der Waals surface area contributed by atoms with Gasteiger partial charge in [-0.3, -0.25) is 4.79 Å². The molecule has 4 aromatic rings. The fourth-order valence-corrected chi connectivity index (χ4v) is 3.28. The molecule has 31 heavy (non-hydrogen) atoms. The normalized spacial score (nSPS) is 10.6. The number of rotatable bonds is 7. The van der Waals surface area contributed by atoms with E-state index in [9.17, 15) is 9.18 Å². The summed E-state index contributed by atoms with van der Waals surface area (Å²) in [6.07, 6.45) is 0. The van der Waals surface area contributed by atoms with Crippen LogP contribution in [0.15, 0.2) is 84.9 Å². The average Bonchev–Trinajstić information content (AvgIpc) is 2.80. The molecular weight excluding hydrogens is 393 g/mol. The van der Waals surface area contributed by atoms with Gasteiger partial charge in [-0.15, -0.1) is 0 Å². The highest BCUT2D eigenvalue weighted by Crippen LogP contribution is 2.25. The van der Waals surface area contributed by atoms with Crippen molar-refractivity contribution in [1.82, 2.24) is 0 Å².